The molecule has 2 unspecified atom stereocenters. The Hall–Kier alpha value is -0.570. The minimum Gasteiger partial charge on any atom is -0.469 e. The SMILES string of the molecule is COC(=O)CCN1CC2CCCC(C2)C1. The van der Waals surface area contributed by atoms with Crippen LogP contribution in [0.4, 0.5) is 0 Å². The molecule has 2 rings (SSSR count). The van der Waals surface area contributed by atoms with Crippen LogP contribution in [-0.2, 0) is 9.53 Å². The molecule has 1 aliphatic heterocycles. The first-order valence-corrected chi connectivity index (χ1v) is 6.07. The molecule has 2 fully saturated rings. The average Bonchev–Trinajstić information content (AvgIpc) is 2.25. The zero-order valence-electron chi connectivity index (χ0n) is 9.58. The molecule has 1 heterocycles. The van der Waals surface area contributed by atoms with Gasteiger partial charge in [0.2, 0.25) is 0 Å². The van der Waals surface area contributed by atoms with Crippen LogP contribution in [0.2, 0.25) is 0 Å². The normalized spacial score (nSPS) is 31.3. The number of methoxy groups -OCH3 is 1. The van der Waals surface area contributed by atoms with Crippen molar-refractivity contribution in [1.29, 1.82) is 0 Å². The van der Waals surface area contributed by atoms with Crippen molar-refractivity contribution < 1.29 is 9.53 Å². The summed E-state index contributed by atoms with van der Waals surface area (Å²) in [6.07, 6.45) is 6.18. The Morgan fingerprint density at radius 3 is 2.60 bits per heavy atom. The van der Waals surface area contributed by atoms with Gasteiger partial charge in [0.15, 0.2) is 0 Å². The Morgan fingerprint density at radius 2 is 2.00 bits per heavy atom. The Bertz CT molecular complexity index is 218. The summed E-state index contributed by atoms with van der Waals surface area (Å²) in [5, 5.41) is 0. The molecule has 0 aromatic carbocycles. The van der Waals surface area contributed by atoms with Crippen LogP contribution < -0.4 is 0 Å². The monoisotopic (exact) mass is 211 g/mol. The van der Waals surface area contributed by atoms with E-state index in [0.717, 1.165) is 18.4 Å². The van der Waals surface area contributed by atoms with E-state index in [0.29, 0.717) is 6.42 Å². The van der Waals surface area contributed by atoms with Gasteiger partial charge in [-0.1, -0.05) is 6.42 Å². The lowest BCUT2D eigenvalue weighted by molar-refractivity contribution is -0.141. The average molecular weight is 211 g/mol. The highest BCUT2D eigenvalue weighted by molar-refractivity contribution is 5.69. The van der Waals surface area contributed by atoms with E-state index in [1.54, 1.807) is 0 Å². The Balaban J connectivity index is 1.76. The number of hydrogen-bond donors (Lipinski definition) is 0. The third kappa shape index (κ3) is 2.94. The third-order valence-electron chi connectivity index (χ3n) is 3.78. The van der Waals surface area contributed by atoms with Crippen molar-refractivity contribution in [2.75, 3.05) is 26.7 Å². The van der Waals surface area contributed by atoms with E-state index in [1.807, 2.05) is 0 Å². The summed E-state index contributed by atoms with van der Waals surface area (Å²) in [4.78, 5) is 13.5. The lowest BCUT2D eigenvalue weighted by Crippen LogP contribution is -2.43. The minimum absolute atomic E-state index is 0.0780. The molecule has 0 aromatic rings. The standard InChI is InChI=1S/C12H21NO2/c1-15-12(14)5-6-13-8-10-3-2-4-11(7-10)9-13/h10-11H,2-9H2,1H3. The summed E-state index contributed by atoms with van der Waals surface area (Å²) in [7, 11) is 1.47. The predicted octanol–water partition coefficient (Wildman–Crippen LogP) is 1.67. The molecule has 86 valence electrons. The van der Waals surface area contributed by atoms with Crippen LogP contribution in [0.1, 0.15) is 32.1 Å². The largest absolute Gasteiger partial charge is 0.469 e. The molecule has 0 N–H and O–H groups in total. The van der Waals surface area contributed by atoms with Crippen molar-refractivity contribution in [1.82, 2.24) is 4.90 Å². The molecular weight excluding hydrogens is 190 g/mol. The van der Waals surface area contributed by atoms with E-state index >= 15 is 0 Å². The number of carbonyl (C=O) groups excluding carboxylic acids is 1. The molecule has 1 saturated heterocycles. The van der Waals surface area contributed by atoms with Gasteiger partial charge in [0.25, 0.3) is 0 Å². The molecule has 0 spiro atoms. The van der Waals surface area contributed by atoms with Crippen molar-refractivity contribution in [3.63, 3.8) is 0 Å². The van der Waals surface area contributed by atoms with Crippen LogP contribution in [-0.4, -0.2) is 37.6 Å². The molecule has 0 radical (unpaired) electrons. The van der Waals surface area contributed by atoms with Crippen LogP contribution >= 0.6 is 0 Å². The molecule has 2 bridgehead atoms. The fourth-order valence-corrected chi connectivity index (χ4v) is 3.07. The molecule has 1 saturated carbocycles. The Labute approximate surface area is 91.8 Å². The molecule has 1 aliphatic carbocycles. The van der Waals surface area contributed by atoms with Crippen LogP contribution in [0.5, 0.6) is 0 Å². The highest BCUT2D eigenvalue weighted by atomic mass is 16.5. The van der Waals surface area contributed by atoms with Gasteiger partial charge in [-0.05, 0) is 31.1 Å². The van der Waals surface area contributed by atoms with Crippen molar-refractivity contribution in [2.24, 2.45) is 11.8 Å². The lowest BCUT2D eigenvalue weighted by atomic mass is 9.78. The number of hydrogen-bond acceptors (Lipinski definition) is 3. The first-order valence-electron chi connectivity index (χ1n) is 6.07. The summed E-state index contributed by atoms with van der Waals surface area (Å²) in [5.41, 5.74) is 0. The first kappa shape index (κ1) is 10.9. The van der Waals surface area contributed by atoms with E-state index in [-0.39, 0.29) is 5.97 Å². The minimum atomic E-state index is -0.0780. The third-order valence-corrected chi connectivity index (χ3v) is 3.78. The van der Waals surface area contributed by atoms with Gasteiger partial charge >= 0.3 is 5.97 Å². The predicted molar refractivity (Wildman–Crippen MR) is 58.5 cm³/mol. The zero-order valence-corrected chi connectivity index (χ0v) is 9.58. The molecule has 2 aliphatic rings. The number of rotatable bonds is 3. The number of esters is 1. The van der Waals surface area contributed by atoms with E-state index in [4.69, 9.17) is 0 Å². The summed E-state index contributed by atoms with van der Waals surface area (Å²) in [6, 6.07) is 0. The van der Waals surface area contributed by atoms with Gasteiger partial charge in [-0.15, -0.1) is 0 Å². The molecule has 0 aromatic heterocycles. The van der Waals surface area contributed by atoms with Crippen molar-refractivity contribution in [2.45, 2.75) is 32.1 Å². The first-order chi connectivity index (χ1) is 7.28. The fraction of sp³-hybridized carbons (Fsp3) is 0.917. The van der Waals surface area contributed by atoms with Gasteiger partial charge in [-0.2, -0.15) is 0 Å². The van der Waals surface area contributed by atoms with Crippen LogP contribution in [0.3, 0.4) is 0 Å². The number of nitrogens with zero attached hydrogens (tertiary/aromatic N) is 1. The van der Waals surface area contributed by atoms with Crippen molar-refractivity contribution in [3.05, 3.63) is 0 Å². The Morgan fingerprint density at radius 1 is 1.33 bits per heavy atom. The molecule has 3 nitrogen and oxygen atoms in total. The second-order valence-corrected chi connectivity index (χ2v) is 4.98. The van der Waals surface area contributed by atoms with E-state index < -0.39 is 0 Å². The zero-order chi connectivity index (χ0) is 10.7. The van der Waals surface area contributed by atoms with Crippen LogP contribution in [0, 0.1) is 11.8 Å². The topological polar surface area (TPSA) is 29.5 Å². The molecule has 15 heavy (non-hydrogen) atoms. The van der Waals surface area contributed by atoms with Crippen molar-refractivity contribution in [3.8, 4) is 0 Å². The van der Waals surface area contributed by atoms with Gasteiger partial charge in [0.1, 0.15) is 0 Å². The maximum absolute atomic E-state index is 11.1. The van der Waals surface area contributed by atoms with E-state index in [1.165, 1.54) is 45.9 Å². The van der Waals surface area contributed by atoms with Gasteiger partial charge in [0.05, 0.1) is 13.5 Å². The van der Waals surface area contributed by atoms with Gasteiger partial charge in [-0.25, -0.2) is 0 Å². The quantitative estimate of drug-likeness (QED) is 0.665. The second kappa shape index (κ2) is 4.97. The van der Waals surface area contributed by atoms with E-state index in [9.17, 15) is 4.79 Å². The van der Waals surface area contributed by atoms with Gasteiger partial charge in [-0.3, -0.25) is 4.79 Å². The molecule has 3 heteroatoms. The number of likely N-dealkylation sites (tertiary alicyclic amines) is 1. The lowest BCUT2D eigenvalue weighted by Gasteiger charge is -2.41. The molecule has 2 atom stereocenters. The number of ether oxygens (including phenoxy) is 1. The maximum Gasteiger partial charge on any atom is 0.306 e. The summed E-state index contributed by atoms with van der Waals surface area (Å²) >= 11 is 0. The smallest absolute Gasteiger partial charge is 0.306 e. The van der Waals surface area contributed by atoms with Gasteiger partial charge < -0.3 is 9.64 Å². The molecule has 0 amide bonds. The molecular formula is C12H21NO2. The maximum atomic E-state index is 11.1. The number of fused-ring (bicyclic) bond motifs is 2. The van der Waals surface area contributed by atoms with Crippen molar-refractivity contribution >= 4 is 5.97 Å². The fourth-order valence-electron chi connectivity index (χ4n) is 3.07. The number of piperidine rings is 1. The van der Waals surface area contributed by atoms with Crippen LogP contribution in [0.15, 0.2) is 0 Å². The van der Waals surface area contributed by atoms with E-state index in [2.05, 4.69) is 9.64 Å². The summed E-state index contributed by atoms with van der Waals surface area (Å²) in [6.45, 7) is 3.29. The van der Waals surface area contributed by atoms with Crippen LogP contribution in [0.25, 0.3) is 0 Å². The highest BCUT2D eigenvalue weighted by Gasteiger charge is 2.30. The van der Waals surface area contributed by atoms with Gasteiger partial charge in [0, 0.05) is 19.6 Å². The summed E-state index contributed by atoms with van der Waals surface area (Å²) in [5.74, 6) is 1.72. The summed E-state index contributed by atoms with van der Waals surface area (Å²) < 4.78 is 4.67. The second-order valence-electron chi connectivity index (χ2n) is 4.98. The highest BCUT2D eigenvalue weighted by Crippen LogP contribution is 2.34. The Kier molecular flexibility index (Phi) is 3.62. The number of carbonyl (C=O) groups is 1.